The molecule has 88 valence electrons. The van der Waals surface area contributed by atoms with Gasteiger partial charge in [0.05, 0.1) is 0 Å². The van der Waals surface area contributed by atoms with Gasteiger partial charge in [0.2, 0.25) is 0 Å². The molecule has 1 unspecified atom stereocenters. The van der Waals surface area contributed by atoms with E-state index in [1.165, 1.54) is 15.3 Å². The van der Waals surface area contributed by atoms with Gasteiger partial charge in [-0.2, -0.15) is 0 Å². The summed E-state index contributed by atoms with van der Waals surface area (Å²) in [5.41, 5.74) is 1.41. The van der Waals surface area contributed by atoms with Gasteiger partial charge in [-0.3, -0.25) is 0 Å². The molecule has 0 spiro atoms. The highest BCUT2D eigenvalue weighted by molar-refractivity contribution is 7.12. The minimum absolute atomic E-state index is 0.475. The SMILES string of the molecule is CC#CCCC(NCC)c1cc(C)c(C)s1. The number of hydrogen-bond acceptors (Lipinski definition) is 2. The van der Waals surface area contributed by atoms with Crippen molar-refractivity contribution in [3.8, 4) is 11.8 Å². The molecule has 0 aliphatic heterocycles. The van der Waals surface area contributed by atoms with Crippen LogP contribution >= 0.6 is 11.3 Å². The minimum Gasteiger partial charge on any atom is -0.309 e. The normalized spacial score (nSPS) is 12.0. The Kier molecular flexibility index (Phi) is 5.59. The van der Waals surface area contributed by atoms with Crippen LogP contribution in [0.25, 0.3) is 0 Å². The molecule has 1 heterocycles. The van der Waals surface area contributed by atoms with Crippen LogP contribution in [0.2, 0.25) is 0 Å². The second kappa shape index (κ2) is 6.73. The lowest BCUT2D eigenvalue weighted by Gasteiger charge is -2.14. The van der Waals surface area contributed by atoms with Crippen LogP contribution in [-0.2, 0) is 0 Å². The van der Waals surface area contributed by atoms with Crippen molar-refractivity contribution >= 4 is 11.3 Å². The molecular weight excluding hydrogens is 214 g/mol. The molecule has 1 N–H and O–H groups in total. The van der Waals surface area contributed by atoms with Gasteiger partial charge >= 0.3 is 0 Å². The molecule has 0 amide bonds. The van der Waals surface area contributed by atoms with Gasteiger partial charge in [0.1, 0.15) is 0 Å². The average Bonchev–Trinajstić information content (AvgIpc) is 2.58. The highest BCUT2D eigenvalue weighted by Gasteiger charge is 2.12. The lowest BCUT2D eigenvalue weighted by molar-refractivity contribution is 0.530. The summed E-state index contributed by atoms with van der Waals surface area (Å²) in [7, 11) is 0. The molecule has 1 atom stereocenters. The van der Waals surface area contributed by atoms with Gasteiger partial charge in [0.15, 0.2) is 0 Å². The molecule has 0 saturated heterocycles. The molecule has 0 bridgehead atoms. The van der Waals surface area contributed by atoms with E-state index in [0.29, 0.717) is 6.04 Å². The monoisotopic (exact) mass is 235 g/mol. The molecule has 0 fully saturated rings. The smallest absolute Gasteiger partial charge is 0.0424 e. The van der Waals surface area contributed by atoms with Gasteiger partial charge in [0, 0.05) is 22.2 Å². The molecule has 0 aromatic carbocycles. The molecule has 1 aromatic heterocycles. The molecule has 0 saturated carbocycles. The summed E-state index contributed by atoms with van der Waals surface area (Å²) in [5.74, 6) is 6.10. The fourth-order valence-electron chi connectivity index (χ4n) is 1.71. The van der Waals surface area contributed by atoms with Gasteiger partial charge in [-0.15, -0.1) is 23.2 Å². The van der Waals surface area contributed by atoms with Gasteiger partial charge in [-0.1, -0.05) is 6.92 Å². The first-order chi connectivity index (χ1) is 7.69. The third kappa shape index (κ3) is 3.66. The lowest BCUT2D eigenvalue weighted by atomic mass is 10.1. The van der Waals surface area contributed by atoms with Gasteiger partial charge in [0.25, 0.3) is 0 Å². The van der Waals surface area contributed by atoms with Gasteiger partial charge in [-0.05, 0) is 45.4 Å². The van der Waals surface area contributed by atoms with Crippen molar-refractivity contribution in [3.63, 3.8) is 0 Å². The van der Waals surface area contributed by atoms with Crippen LogP contribution in [0.4, 0.5) is 0 Å². The molecular formula is C14H21NS. The van der Waals surface area contributed by atoms with Crippen LogP contribution in [0, 0.1) is 25.7 Å². The topological polar surface area (TPSA) is 12.0 Å². The fraction of sp³-hybridized carbons (Fsp3) is 0.571. The van der Waals surface area contributed by atoms with Crippen LogP contribution in [0.5, 0.6) is 0 Å². The Morgan fingerprint density at radius 1 is 1.44 bits per heavy atom. The molecule has 16 heavy (non-hydrogen) atoms. The van der Waals surface area contributed by atoms with E-state index in [4.69, 9.17) is 0 Å². The van der Waals surface area contributed by atoms with Crippen LogP contribution in [0.15, 0.2) is 6.07 Å². The van der Waals surface area contributed by atoms with Crippen LogP contribution in [0.1, 0.15) is 48.0 Å². The van der Waals surface area contributed by atoms with E-state index >= 15 is 0 Å². The first-order valence-corrected chi connectivity index (χ1v) is 6.70. The Hall–Kier alpha value is -0.780. The van der Waals surface area contributed by atoms with Crippen LogP contribution in [0.3, 0.4) is 0 Å². The van der Waals surface area contributed by atoms with E-state index in [0.717, 1.165) is 19.4 Å². The second-order valence-corrected chi connectivity index (χ2v) is 5.25. The first-order valence-electron chi connectivity index (χ1n) is 5.89. The van der Waals surface area contributed by atoms with Crippen molar-refractivity contribution in [2.75, 3.05) is 6.54 Å². The maximum absolute atomic E-state index is 3.54. The van der Waals surface area contributed by atoms with E-state index in [-0.39, 0.29) is 0 Å². The molecule has 1 nitrogen and oxygen atoms in total. The van der Waals surface area contributed by atoms with Crippen molar-refractivity contribution in [3.05, 3.63) is 21.4 Å². The Morgan fingerprint density at radius 3 is 2.69 bits per heavy atom. The zero-order valence-corrected chi connectivity index (χ0v) is 11.5. The largest absolute Gasteiger partial charge is 0.309 e. The van der Waals surface area contributed by atoms with Crippen LogP contribution < -0.4 is 5.32 Å². The summed E-state index contributed by atoms with van der Waals surface area (Å²) >= 11 is 1.91. The average molecular weight is 235 g/mol. The number of hydrogen-bond donors (Lipinski definition) is 1. The Balaban J connectivity index is 2.70. The van der Waals surface area contributed by atoms with Crippen LogP contribution in [-0.4, -0.2) is 6.54 Å². The lowest BCUT2D eigenvalue weighted by Crippen LogP contribution is -2.19. The Labute approximate surface area is 103 Å². The maximum atomic E-state index is 3.54. The second-order valence-electron chi connectivity index (χ2n) is 3.96. The first kappa shape index (κ1) is 13.3. The predicted octanol–water partition coefficient (Wildman–Crippen LogP) is 3.82. The third-order valence-electron chi connectivity index (χ3n) is 2.71. The summed E-state index contributed by atoms with van der Waals surface area (Å²) in [6.07, 6.45) is 2.08. The highest BCUT2D eigenvalue weighted by atomic mass is 32.1. The Morgan fingerprint density at radius 2 is 2.19 bits per heavy atom. The molecule has 2 heteroatoms. The van der Waals surface area contributed by atoms with E-state index in [9.17, 15) is 0 Å². The maximum Gasteiger partial charge on any atom is 0.0424 e. The quantitative estimate of drug-likeness (QED) is 0.765. The number of thiophene rings is 1. The van der Waals surface area contributed by atoms with Crippen molar-refractivity contribution in [2.24, 2.45) is 0 Å². The van der Waals surface area contributed by atoms with Gasteiger partial charge < -0.3 is 5.32 Å². The molecule has 1 rings (SSSR count). The number of nitrogens with one attached hydrogen (secondary N) is 1. The highest BCUT2D eigenvalue weighted by Crippen LogP contribution is 2.28. The van der Waals surface area contributed by atoms with Crippen molar-refractivity contribution in [1.82, 2.24) is 5.32 Å². The summed E-state index contributed by atoms with van der Waals surface area (Å²) < 4.78 is 0. The van der Waals surface area contributed by atoms with Crippen molar-refractivity contribution in [2.45, 2.75) is 46.6 Å². The molecule has 0 radical (unpaired) electrons. The summed E-state index contributed by atoms with van der Waals surface area (Å²) in [5, 5.41) is 3.54. The zero-order chi connectivity index (χ0) is 12.0. The van der Waals surface area contributed by atoms with Gasteiger partial charge in [-0.25, -0.2) is 0 Å². The van der Waals surface area contributed by atoms with Crippen molar-refractivity contribution in [1.29, 1.82) is 0 Å². The molecule has 0 aliphatic carbocycles. The number of rotatable bonds is 5. The fourth-order valence-corrected chi connectivity index (χ4v) is 2.86. The van der Waals surface area contributed by atoms with E-state index in [1.807, 2.05) is 18.3 Å². The minimum atomic E-state index is 0.475. The van der Waals surface area contributed by atoms with E-state index in [1.54, 1.807) is 0 Å². The van der Waals surface area contributed by atoms with E-state index in [2.05, 4.69) is 44.0 Å². The molecule has 0 aliphatic rings. The van der Waals surface area contributed by atoms with E-state index < -0.39 is 0 Å². The third-order valence-corrected chi connectivity index (χ3v) is 3.98. The summed E-state index contributed by atoms with van der Waals surface area (Å²) in [4.78, 5) is 2.88. The number of aryl methyl sites for hydroxylation is 2. The predicted molar refractivity (Wildman–Crippen MR) is 72.9 cm³/mol. The van der Waals surface area contributed by atoms with Crippen molar-refractivity contribution < 1.29 is 0 Å². The Bertz CT molecular complexity index is 362. The zero-order valence-electron chi connectivity index (χ0n) is 10.7. The summed E-state index contributed by atoms with van der Waals surface area (Å²) in [6, 6.07) is 2.79. The molecule has 1 aromatic rings. The standard InChI is InChI=1S/C14H21NS/c1-5-7-8-9-13(15-6-2)14-10-11(3)12(4)16-14/h10,13,15H,6,8-9H2,1-4H3. The summed E-state index contributed by atoms with van der Waals surface area (Å²) in [6.45, 7) is 9.45.